The van der Waals surface area contributed by atoms with Crippen molar-refractivity contribution in [3.05, 3.63) is 41.0 Å². The monoisotopic (exact) mass is 261 g/mol. The molecule has 1 unspecified atom stereocenters. The third-order valence-corrected chi connectivity index (χ3v) is 2.99. The van der Waals surface area contributed by atoms with E-state index in [0.717, 1.165) is 16.9 Å². The van der Waals surface area contributed by atoms with Crippen LogP contribution in [-0.2, 0) is 6.61 Å². The van der Waals surface area contributed by atoms with Gasteiger partial charge in [0.25, 0.3) is 5.89 Å². The lowest BCUT2D eigenvalue weighted by molar-refractivity contribution is 0.239. The Balaban J connectivity index is 2.16. The van der Waals surface area contributed by atoms with Crippen molar-refractivity contribution < 1.29 is 9.26 Å². The van der Waals surface area contributed by atoms with Crippen molar-refractivity contribution in [3.8, 4) is 5.75 Å². The molecule has 0 aliphatic heterocycles. The maximum atomic E-state index is 5.80. The van der Waals surface area contributed by atoms with Gasteiger partial charge in [-0.2, -0.15) is 4.98 Å². The molecule has 0 aliphatic carbocycles. The molecule has 0 saturated carbocycles. The van der Waals surface area contributed by atoms with Gasteiger partial charge in [-0.25, -0.2) is 0 Å². The van der Waals surface area contributed by atoms with Gasteiger partial charge >= 0.3 is 0 Å². The van der Waals surface area contributed by atoms with E-state index in [9.17, 15) is 0 Å². The fourth-order valence-corrected chi connectivity index (χ4v) is 1.82. The van der Waals surface area contributed by atoms with Crippen LogP contribution in [0.15, 0.2) is 22.7 Å². The quantitative estimate of drug-likeness (QED) is 0.896. The van der Waals surface area contributed by atoms with E-state index in [1.54, 1.807) is 6.92 Å². The number of hydrogen-bond donors (Lipinski definition) is 1. The highest BCUT2D eigenvalue weighted by Gasteiger charge is 2.12. The molecule has 0 radical (unpaired) electrons. The third-order valence-electron chi connectivity index (χ3n) is 2.99. The first-order valence-corrected chi connectivity index (χ1v) is 6.30. The van der Waals surface area contributed by atoms with Gasteiger partial charge in [-0.05, 0) is 39.4 Å². The predicted molar refractivity (Wildman–Crippen MR) is 72.0 cm³/mol. The van der Waals surface area contributed by atoms with Gasteiger partial charge in [0.2, 0.25) is 0 Å². The van der Waals surface area contributed by atoms with Crippen LogP contribution in [0.4, 0.5) is 0 Å². The average Bonchev–Trinajstić information content (AvgIpc) is 2.81. The number of aromatic nitrogens is 2. The van der Waals surface area contributed by atoms with Crippen LogP contribution in [0.5, 0.6) is 5.75 Å². The molecule has 1 N–H and O–H groups in total. The number of hydrogen-bond acceptors (Lipinski definition) is 5. The summed E-state index contributed by atoms with van der Waals surface area (Å²) in [6.07, 6.45) is 0. The number of ether oxygens (including phenoxy) is 1. The van der Waals surface area contributed by atoms with Crippen molar-refractivity contribution in [1.82, 2.24) is 15.5 Å². The van der Waals surface area contributed by atoms with Crippen molar-refractivity contribution in [1.29, 1.82) is 0 Å². The molecule has 1 aromatic carbocycles. The smallest absolute Gasteiger partial charge is 0.264 e. The molecule has 5 heteroatoms. The van der Waals surface area contributed by atoms with E-state index in [-0.39, 0.29) is 12.6 Å². The topological polar surface area (TPSA) is 60.2 Å². The fraction of sp³-hybridized carbons (Fsp3) is 0.429. The van der Waals surface area contributed by atoms with Crippen LogP contribution in [-0.4, -0.2) is 17.2 Å². The van der Waals surface area contributed by atoms with Gasteiger partial charge in [0.1, 0.15) is 5.75 Å². The van der Waals surface area contributed by atoms with E-state index in [1.807, 2.05) is 20.0 Å². The molecule has 0 aliphatic rings. The lowest BCUT2D eigenvalue weighted by atomic mass is 10.1. The molecule has 19 heavy (non-hydrogen) atoms. The minimum absolute atomic E-state index is 0.222. The number of rotatable bonds is 5. The van der Waals surface area contributed by atoms with Crippen LogP contribution in [0.3, 0.4) is 0 Å². The molecule has 0 fully saturated rings. The van der Waals surface area contributed by atoms with Crippen LogP contribution in [0, 0.1) is 13.8 Å². The molecule has 102 valence electrons. The first-order chi connectivity index (χ1) is 9.10. The zero-order valence-electron chi connectivity index (χ0n) is 11.7. The Hall–Kier alpha value is -1.88. The van der Waals surface area contributed by atoms with Gasteiger partial charge in [-0.15, -0.1) is 0 Å². The van der Waals surface area contributed by atoms with E-state index in [2.05, 4.69) is 34.5 Å². The Morgan fingerprint density at radius 3 is 2.79 bits per heavy atom. The van der Waals surface area contributed by atoms with E-state index >= 15 is 0 Å². The fourth-order valence-electron chi connectivity index (χ4n) is 1.82. The Labute approximate surface area is 113 Å². The van der Waals surface area contributed by atoms with Gasteiger partial charge in [-0.3, -0.25) is 0 Å². The Bertz CT molecular complexity index is 551. The minimum Gasteiger partial charge on any atom is -0.483 e. The van der Waals surface area contributed by atoms with E-state index < -0.39 is 0 Å². The number of benzene rings is 1. The summed E-state index contributed by atoms with van der Waals surface area (Å²) >= 11 is 0. The van der Waals surface area contributed by atoms with Crippen LogP contribution >= 0.6 is 0 Å². The molecule has 0 saturated heterocycles. The summed E-state index contributed by atoms with van der Waals surface area (Å²) in [5, 5.41) is 6.95. The summed E-state index contributed by atoms with van der Waals surface area (Å²) in [6, 6.07) is 6.39. The summed E-state index contributed by atoms with van der Waals surface area (Å²) < 4.78 is 10.8. The molecule has 1 aromatic heterocycles. The zero-order valence-corrected chi connectivity index (χ0v) is 11.7. The molecule has 5 nitrogen and oxygen atoms in total. The van der Waals surface area contributed by atoms with Crippen LogP contribution in [0.2, 0.25) is 0 Å². The van der Waals surface area contributed by atoms with Crippen molar-refractivity contribution in [2.45, 2.75) is 33.4 Å². The highest BCUT2D eigenvalue weighted by molar-refractivity contribution is 5.39. The van der Waals surface area contributed by atoms with Crippen molar-refractivity contribution in [2.24, 2.45) is 0 Å². The first-order valence-electron chi connectivity index (χ1n) is 6.30. The van der Waals surface area contributed by atoms with E-state index in [1.165, 1.54) is 0 Å². The van der Waals surface area contributed by atoms with Gasteiger partial charge in [-0.1, -0.05) is 17.3 Å². The second-order valence-electron chi connectivity index (χ2n) is 4.58. The molecule has 0 bridgehead atoms. The molecule has 2 rings (SSSR count). The highest BCUT2D eigenvalue weighted by Crippen LogP contribution is 2.26. The number of nitrogens with one attached hydrogen (secondary N) is 1. The SMILES string of the molecule is CNC(C)c1ccc(C)cc1OCc1nc(C)no1. The molecule has 1 atom stereocenters. The third kappa shape index (κ3) is 3.32. The summed E-state index contributed by atoms with van der Waals surface area (Å²) in [6.45, 7) is 6.20. The van der Waals surface area contributed by atoms with Crippen molar-refractivity contribution >= 4 is 0 Å². The zero-order chi connectivity index (χ0) is 13.8. The van der Waals surface area contributed by atoms with E-state index in [4.69, 9.17) is 9.26 Å². The van der Waals surface area contributed by atoms with Crippen LogP contribution < -0.4 is 10.1 Å². The maximum absolute atomic E-state index is 5.80. The predicted octanol–water partition coefficient (Wildman–Crippen LogP) is 2.55. The number of aryl methyl sites for hydroxylation is 2. The summed E-state index contributed by atoms with van der Waals surface area (Å²) in [5.74, 6) is 1.95. The van der Waals surface area contributed by atoms with Gasteiger partial charge in [0.15, 0.2) is 12.4 Å². The first kappa shape index (κ1) is 13.5. The number of nitrogens with zero attached hydrogens (tertiary/aromatic N) is 2. The minimum atomic E-state index is 0.222. The Morgan fingerprint density at radius 1 is 1.37 bits per heavy atom. The van der Waals surface area contributed by atoms with Crippen molar-refractivity contribution in [2.75, 3.05) is 7.05 Å². The summed E-state index contributed by atoms with van der Waals surface area (Å²) in [4.78, 5) is 4.12. The van der Waals surface area contributed by atoms with Gasteiger partial charge in [0.05, 0.1) is 0 Å². The molecular formula is C14H19N3O2. The largest absolute Gasteiger partial charge is 0.483 e. The standard InChI is InChI=1S/C14H19N3O2/c1-9-5-6-12(10(2)15-4)13(7-9)18-8-14-16-11(3)17-19-14/h5-7,10,15H,8H2,1-4H3. The van der Waals surface area contributed by atoms with E-state index in [0.29, 0.717) is 11.7 Å². The molecular weight excluding hydrogens is 242 g/mol. The molecule has 1 heterocycles. The lowest BCUT2D eigenvalue weighted by Gasteiger charge is -2.16. The summed E-state index contributed by atoms with van der Waals surface area (Å²) in [7, 11) is 1.93. The summed E-state index contributed by atoms with van der Waals surface area (Å²) in [5.41, 5.74) is 2.27. The highest BCUT2D eigenvalue weighted by atomic mass is 16.5. The van der Waals surface area contributed by atoms with Gasteiger partial charge < -0.3 is 14.6 Å². The molecule has 0 amide bonds. The lowest BCUT2D eigenvalue weighted by Crippen LogP contribution is -2.14. The second-order valence-corrected chi connectivity index (χ2v) is 4.58. The molecule has 2 aromatic rings. The molecule has 0 spiro atoms. The Kier molecular flexibility index (Phi) is 4.16. The second kappa shape index (κ2) is 5.84. The van der Waals surface area contributed by atoms with Gasteiger partial charge in [0, 0.05) is 11.6 Å². The van der Waals surface area contributed by atoms with Crippen LogP contribution in [0.1, 0.15) is 35.8 Å². The van der Waals surface area contributed by atoms with Crippen molar-refractivity contribution in [3.63, 3.8) is 0 Å². The maximum Gasteiger partial charge on any atom is 0.264 e. The average molecular weight is 261 g/mol. The normalized spacial score (nSPS) is 12.4. The van der Waals surface area contributed by atoms with Crippen LogP contribution in [0.25, 0.3) is 0 Å². The Morgan fingerprint density at radius 2 is 2.16 bits per heavy atom.